The van der Waals surface area contributed by atoms with Crippen LogP contribution in [0, 0.1) is 5.82 Å². The fourth-order valence-electron chi connectivity index (χ4n) is 2.55. The Hall–Kier alpha value is -2.56. The van der Waals surface area contributed by atoms with Gasteiger partial charge in [0.25, 0.3) is 0 Å². The van der Waals surface area contributed by atoms with E-state index in [4.69, 9.17) is 10.5 Å². The number of ether oxygens (including phenoxy) is 1. The summed E-state index contributed by atoms with van der Waals surface area (Å²) >= 11 is 0. The van der Waals surface area contributed by atoms with Crippen LogP contribution < -0.4 is 10.5 Å². The molecule has 2 aromatic heterocycles. The number of aromatic amines is 1. The summed E-state index contributed by atoms with van der Waals surface area (Å²) in [5, 5.41) is 0.984. The Labute approximate surface area is 120 Å². The van der Waals surface area contributed by atoms with Gasteiger partial charge in [-0.25, -0.2) is 9.37 Å². The Kier molecular flexibility index (Phi) is 2.60. The van der Waals surface area contributed by atoms with Gasteiger partial charge in [-0.15, -0.1) is 0 Å². The molecule has 1 fully saturated rings. The minimum Gasteiger partial charge on any atom is -0.456 e. The third-order valence-electron chi connectivity index (χ3n) is 3.78. The van der Waals surface area contributed by atoms with Gasteiger partial charge in [-0.05, 0) is 42.5 Å². The van der Waals surface area contributed by atoms with Gasteiger partial charge in [-0.2, -0.15) is 0 Å². The van der Waals surface area contributed by atoms with Gasteiger partial charge in [0.15, 0.2) is 0 Å². The van der Waals surface area contributed by atoms with Crippen LogP contribution in [0.2, 0.25) is 0 Å². The van der Waals surface area contributed by atoms with Crippen LogP contribution in [0.15, 0.2) is 36.7 Å². The van der Waals surface area contributed by atoms with E-state index in [9.17, 15) is 4.39 Å². The summed E-state index contributed by atoms with van der Waals surface area (Å²) in [6, 6.07) is 6.26. The number of nitrogen functional groups attached to an aromatic ring is 1. The predicted octanol–water partition coefficient (Wildman–Crippen LogP) is 3.95. The van der Waals surface area contributed by atoms with E-state index in [-0.39, 0.29) is 5.69 Å². The average Bonchev–Trinajstić information content (AvgIpc) is 3.23. The number of aromatic nitrogens is 2. The second-order valence-electron chi connectivity index (χ2n) is 5.34. The van der Waals surface area contributed by atoms with Crippen molar-refractivity contribution in [2.75, 3.05) is 5.73 Å². The molecule has 0 radical (unpaired) electrons. The molecule has 4 rings (SSSR count). The van der Waals surface area contributed by atoms with E-state index in [2.05, 4.69) is 9.97 Å². The Bertz CT molecular complexity index is 824. The van der Waals surface area contributed by atoms with Crippen molar-refractivity contribution in [2.24, 2.45) is 0 Å². The second-order valence-corrected chi connectivity index (χ2v) is 5.34. The number of H-pyrrole nitrogens is 1. The summed E-state index contributed by atoms with van der Waals surface area (Å²) in [5.74, 6) is 1.22. The number of benzene rings is 1. The van der Waals surface area contributed by atoms with Gasteiger partial charge in [0.1, 0.15) is 23.0 Å². The van der Waals surface area contributed by atoms with Crippen molar-refractivity contribution in [3.05, 3.63) is 48.0 Å². The largest absolute Gasteiger partial charge is 0.456 e. The second kappa shape index (κ2) is 4.48. The molecule has 4 nitrogen and oxygen atoms in total. The number of hydrogen-bond donors (Lipinski definition) is 2. The van der Waals surface area contributed by atoms with Crippen molar-refractivity contribution in [3.8, 4) is 11.5 Å². The van der Waals surface area contributed by atoms with Gasteiger partial charge in [0, 0.05) is 18.5 Å². The topological polar surface area (TPSA) is 63.9 Å². The summed E-state index contributed by atoms with van der Waals surface area (Å²) in [7, 11) is 0. The van der Waals surface area contributed by atoms with Gasteiger partial charge in [0.2, 0.25) is 0 Å². The Balaban J connectivity index is 1.78. The van der Waals surface area contributed by atoms with Crippen molar-refractivity contribution in [1.82, 2.24) is 9.97 Å². The molecule has 1 aromatic carbocycles. The Morgan fingerprint density at radius 1 is 1.29 bits per heavy atom. The molecule has 0 atom stereocenters. The van der Waals surface area contributed by atoms with Gasteiger partial charge in [-0.3, -0.25) is 0 Å². The maximum absolute atomic E-state index is 13.5. The maximum Gasteiger partial charge on any atom is 0.149 e. The van der Waals surface area contributed by atoms with Crippen LogP contribution in [0.1, 0.15) is 24.3 Å². The molecular formula is C16H14FN3O. The Morgan fingerprint density at radius 3 is 2.90 bits per heavy atom. The highest BCUT2D eigenvalue weighted by atomic mass is 19.1. The zero-order valence-corrected chi connectivity index (χ0v) is 11.3. The number of pyridine rings is 1. The van der Waals surface area contributed by atoms with Crippen LogP contribution in [0.5, 0.6) is 11.5 Å². The molecule has 0 aliphatic heterocycles. The lowest BCUT2D eigenvalue weighted by atomic mass is 10.1. The van der Waals surface area contributed by atoms with Crippen LogP contribution in [-0.2, 0) is 0 Å². The molecule has 0 bridgehead atoms. The van der Waals surface area contributed by atoms with Crippen LogP contribution >= 0.6 is 0 Å². The third kappa shape index (κ3) is 2.11. The number of hydrogen-bond acceptors (Lipinski definition) is 3. The minimum absolute atomic E-state index is 0.113. The lowest BCUT2D eigenvalue weighted by Gasteiger charge is -2.09. The van der Waals surface area contributed by atoms with E-state index in [0.717, 1.165) is 11.0 Å². The first-order chi connectivity index (χ1) is 10.2. The minimum atomic E-state index is -0.478. The van der Waals surface area contributed by atoms with E-state index < -0.39 is 5.82 Å². The molecule has 1 aliphatic carbocycles. The zero-order valence-electron chi connectivity index (χ0n) is 11.3. The normalized spacial score (nSPS) is 14.5. The number of fused-ring (bicyclic) bond motifs is 1. The summed E-state index contributed by atoms with van der Waals surface area (Å²) in [5.41, 5.74) is 7.62. The molecule has 106 valence electrons. The average molecular weight is 283 g/mol. The van der Waals surface area contributed by atoms with Crippen LogP contribution in [-0.4, -0.2) is 9.97 Å². The molecular weight excluding hydrogens is 269 g/mol. The fourth-order valence-corrected chi connectivity index (χ4v) is 2.55. The van der Waals surface area contributed by atoms with E-state index in [1.807, 2.05) is 6.20 Å². The van der Waals surface area contributed by atoms with Crippen molar-refractivity contribution in [3.63, 3.8) is 0 Å². The molecule has 2 heterocycles. The van der Waals surface area contributed by atoms with Crippen LogP contribution in [0.25, 0.3) is 11.0 Å². The van der Waals surface area contributed by atoms with Gasteiger partial charge in [0.05, 0.1) is 11.1 Å². The monoisotopic (exact) mass is 283 g/mol. The first kappa shape index (κ1) is 12.2. The van der Waals surface area contributed by atoms with E-state index in [1.165, 1.54) is 30.5 Å². The molecule has 1 aliphatic rings. The van der Waals surface area contributed by atoms with Gasteiger partial charge < -0.3 is 15.5 Å². The summed E-state index contributed by atoms with van der Waals surface area (Å²) in [4.78, 5) is 7.49. The van der Waals surface area contributed by atoms with Crippen molar-refractivity contribution in [2.45, 2.75) is 18.8 Å². The zero-order chi connectivity index (χ0) is 14.4. The van der Waals surface area contributed by atoms with Gasteiger partial charge in [-0.1, -0.05) is 0 Å². The lowest BCUT2D eigenvalue weighted by Crippen LogP contribution is -1.92. The van der Waals surface area contributed by atoms with Crippen LogP contribution in [0.4, 0.5) is 10.1 Å². The lowest BCUT2D eigenvalue weighted by molar-refractivity contribution is 0.482. The van der Waals surface area contributed by atoms with E-state index in [0.29, 0.717) is 17.4 Å². The van der Waals surface area contributed by atoms with E-state index in [1.54, 1.807) is 18.3 Å². The summed E-state index contributed by atoms with van der Waals surface area (Å²) in [6.07, 6.45) is 6.06. The molecule has 0 saturated heterocycles. The quantitative estimate of drug-likeness (QED) is 0.715. The first-order valence-corrected chi connectivity index (χ1v) is 6.91. The maximum atomic E-state index is 13.5. The SMILES string of the molecule is Nc1ccc(Oc2ccnc3[nH]cc(C4CC4)c23)cc1F. The molecule has 21 heavy (non-hydrogen) atoms. The van der Waals surface area contributed by atoms with Crippen LogP contribution in [0.3, 0.4) is 0 Å². The highest BCUT2D eigenvalue weighted by Crippen LogP contribution is 2.45. The number of nitrogens with two attached hydrogens (primary N) is 1. The summed E-state index contributed by atoms with van der Waals surface area (Å²) in [6.45, 7) is 0. The molecule has 0 amide bonds. The van der Waals surface area contributed by atoms with Crippen molar-refractivity contribution >= 4 is 16.7 Å². The molecule has 5 heteroatoms. The molecule has 3 aromatic rings. The Morgan fingerprint density at radius 2 is 2.14 bits per heavy atom. The number of rotatable bonds is 3. The number of anilines is 1. The number of nitrogens with zero attached hydrogens (tertiary/aromatic N) is 1. The predicted molar refractivity (Wildman–Crippen MR) is 79.0 cm³/mol. The summed E-state index contributed by atoms with van der Waals surface area (Å²) < 4.78 is 19.4. The van der Waals surface area contributed by atoms with Crippen molar-refractivity contribution < 1.29 is 9.13 Å². The highest BCUT2D eigenvalue weighted by molar-refractivity contribution is 5.87. The molecule has 3 N–H and O–H groups in total. The number of halogens is 1. The van der Waals surface area contributed by atoms with Crippen molar-refractivity contribution in [1.29, 1.82) is 0 Å². The molecule has 0 spiro atoms. The number of nitrogens with one attached hydrogen (secondary N) is 1. The fraction of sp³-hybridized carbons (Fsp3) is 0.188. The molecule has 0 unspecified atom stereocenters. The highest BCUT2D eigenvalue weighted by Gasteiger charge is 2.28. The van der Waals surface area contributed by atoms with E-state index >= 15 is 0 Å². The smallest absolute Gasteiger partial charge is 0.149 e. The standard InChI is InChI=1S/C16H14FN3O/c17-12-7-10(3-4-13(12)18)21-14-5-6-19-16-15(14)11(8-20-16)9-1-2-9/h3-9H,1-2,18H2,(H,19,20). The third-order valence-corrected chi connectivity index (χ3v) is 3.78. The van der Waals surface area contributed by atoms with Gasteiger partial charge >= 0.3 is 0 Å². The first-order valence-electron chi connectivity index (χ1n) is 6.91. The molecule has 1 saturated carbocycles.